The maximum Gasteiger partial charge on any atom is 0.145 e. The van der Waals surface area contributed by atoms with E-state index in [0.717, 1.165) is 5.69 Å². The largest absolute Gasteiger partial charge is 0.303 e. The van der Waals surface area contributed by atoms with E-state index >= 15 is 0 Å². The number of aromatic nitrogens is 2. The molecule has 1 atom stereocenters. The van der Waals surface area contributed by atoms with Crippen LogP contribution in [-0.2, 0) is 15.8 Å². The number of aryl methyl sites for hydroxylation is 1. The first-order valence-electron chi connectivity index (χ1n) is 6.78. The van der Waals surface area contributed by atoms with Crippen molar-refractivity contribution in [1.82, 2.24) is 15.0 Å². The van der Waals surface area contributed by atoms with Crippen LogP contribution >= 0.6 is 0 Å². The van der Waals surface area contributed by atoms with Crippen LogP contribution in [-0.4, -0.2) is 50.4 Å². The second-order valence-corrected chi connectivity index (χ2v) is 7.63. The molecule has 6 nitrogen and oxygen atoms in total. The van der Waals surface area contributed by atoms with Gasteiger partial charge in [-0.05, 0) is 27.7 Å². The highest BCUT2D eigenvalue weighted by Gasteiger charge is 2.20. The van der Waals surface area contributed by atoms with E-state index in [2.05, 4.69) is 14.4 Å². The minimum atomic E-state index is -1.33. The molecular weight excluding hydrogens is 288 g/mol. The molecule has 1 rings (SSSR count). The van der Waals surface area contributed by atoms with Gasteiger partial charge in [0.05, 0.1) is 29.5 Å². The van der Waals surface area contributed by atoms with E-state index in [1.807, 2.05) is 34.7 Å². The molecule has 1 aromatic rings. The third-order valence-electron chi connectivity index (χ3n) is 2.77. The van der Waals surface area contributed by atoms with Crippen LogP contribution in [0.5, 0.6) is 0 Å². The maximum absolute atomic E-state index is 12.3. The number of nitrogens with zero attached hydrogens (tertiary/aromatic N) is 4. The second kappa shape index (κ2) is 7.72. The van der Waals surface area contributed by atoms with E-state index in [9.17, 15) is 4.21 Å². The Kier molecular flexibility index (Phi) is 6.57. The maximum atomic E-state index is 12.3. The van der Waals surface area contributed by atoms with E-state index in [1.165, 1.54) is 0 Å². The summed E-state index contributed by atoms with van der Waals surface area (Å²) in [5.74, 6) is 0. The van der Waals surface area contributed by atoms with Crippen molar-refractivity contribution in [2.45, 2.75) is 38.9 Å². The van der Waals surface area contributed by atoms with Crippen LogP contribution in [0.4, 0.5) is 0 Å². The molecule has 1 aromatic heterocycles. The summed E-state index contributed by atoms with van der Waals surface area (Å²) < 4.78 is 16.2. The van der Waals surface area contributed by atoms with Gasteiger partial charge in [-0.1, -0.05) is 0 Å². The van der Waals surface area contributed by atoms with Gasteiger partial charge < -0.3 is 4.84 Å². The molecule has 0 aliphatic rings. The molecule has 118 valence electrons. The second-order valence-electron chi connectivity index (χ2n) is 5.73. The first kappa shape index (κ1) is 17.9. The quantitative estimate of drug-likeness (QED) is 0.593. The number of hydrogen-bond acceptors (Lipinski definition) is 5. The van der Waals surface area contributed by atoms with Crippen LogP contribution in [0.25, 0.3) is 0 Å². The summed E-state index contributed by atoms with van der Waals surface area (Å²) >= 11 is 0. The van der Waals surface area contributed by atoms with Crippen LogP contribution < -0.4 is 0 Å². The summed E-state index contributed by atoms with van der Waals surface area (Å²) in [6.45, 7) is 8.19. The molecule has 0 spiro atoms. The Labute approximate surface area is 129 Å². The van der Waals surface area contributed by atoms with E-state index in [0.29, 0.717) is 24.4 Å². The summed E-state index contributed by atoms with van der Waals surface area (Å²) in [6.07, 6.45) is 3.94. The lowest BCUT2D eigenvalue weighted by atomic mass is 10.2. The van der Waals surface area contributed by atoms with Crippen molar-refractivity contribution in [3.63, 3.8) is 0 Å². The number of hydroxylamine groups is 2. The zero-order valence-electron chi connectivity index (χ0n) is 13.6. The zero-order valence-corrected chi connectivity index (χ0v) is 14.4. The lowest BCUT2D eigenvalue weighted by Gasteiger charge is -2.17. The molecule has 0 amide bonds. The molecule has 0 aromatic carbocycles. The minimum Gasteiger partial charge on any atom is -0.303 e. The van der Waals surface area contributed by atoms with Crippen molar-refractivity contribution in [2.24, 2.45) is 4.40 Å². The fraction of sp³-hybridized carbons (Fsp3) is 0.643. The smallest absolute Gasteiger partial charge is 0.145 e. The van der Waals surface area contributed by atoms with Crippen molar-refractivity contribution < 1.29 is 9.05 Å². The van der Waals surface area contributed by atoms with Gasteiger partial charge in [-0.25, -0.2) is 4.21 Å². The van der Waals surface area contributed by atoms with Gasteiger partial charge >= 0.3 is 0 Å². The van der Waals surface area contributed by atoms with Gasteiger partial charge in [-0.3, -0.25) is 9.97 Å². The summed E-state index contributed by atoms with van der Waals surface area (Å²) in [7, 11) is 2.11. The summed E-state index contributed by atoms with van der Waals surface area (Å²) in [5.41, 5.74) is 2.17. The molecule has 7 heteroatoms. The van der Waals surface area contributed by atoms with Gasteiger partial charge in [0.25, 0.3) is 0 Å². The van der Waals surface area contributed by atoms with Crippen LogP contribution in [0, 0.1) is 6.92 Å². The third kappa shape index (κ3) is 5.99. The van der Waals surface area contributed by atoms with Crippen molar-refractivity contribution in [3.8, 4) is 0 Å². The number of rotatable bonds is 6. The fourth-order valence-corrected chi connectivity index (χ4v) is 2.01. The molecule has 0 bridgehead atoms. The van der Waals surface area contributed by atoms with Gasteiger partial charge in [0.15, 0.2) is 0 Å². The Morgan fingerprint density at radius 2 is 2.05 bits per heavy atom. The third-order valence-corrected chi connectivity index (χ3v) is 4.20. The topological polar surface area (TPSA) is 67.7 Å². The molecule has 0 fully saturated rings. The lowest BCUT2D eigenvalue weighted by molar-refractivity contribution is -0.106. The summed E-state index contributed by atoms with van der Waals surface area (Å²) in [6, 6.07) is 0. The van der Waals surface area contributed by atoms with Crippen LogP contribution in [0.1, 0.15) is 38.6 Å². The summed E-state index contributed by atoms with van der Waals surface area (Å²) in [5, 5.41) is 1.69. The standard InChI is InChI=1S/C14H24N4O2S/c1-11-9-16-13(10-15-11)12(7-8-18(5)20-6)17-21(19)14(2,3)4/h9-10H,7-8H2,1-6H3/b17-12+/t21-/m1/s1. The Hall–Kier alpha value is -1.18. The van der Waals surface area contributed by atoms with Gasteiger partial charge in [-0.2, -0.15) is 9.46 Å². The van der Waals surface area contributed by atoms with Crippen LogP contribution in [0.2, 0.25) is 0 Å². The minimum absolute atomic E-state index is 0.406. The molecular formula is C14H24N4O2S. The first-order valence-corrected chi connectivity index (χ1v) is 7.88. The van der Waals surface area contributed by atoms with Crippen molar-refractivity contribution in [1.29, 1.82) is 0 Å². The average molecular weight is 312 g/mol. The predicted octanol–water partition coefficient (Wildman–Crippen LogP) is 1.92. The van der Waals surface area contributed by atoms with Gasteiger partial charge in [0.1, 0.15) is 16.7 Å². The highest BCUT2D eigenvalue weighted by atomic mass is 32.2. The highest BCUT2D eigenvalue weighted by Crippen LogP contribution is 2.14. The predicted molar refractivity (Wildman–Crippen MR) is 85.5 cm³/mol. The highest BCUT2D eigenvalue weighted by molar-refractivity contribution is 7.85. The van der Waals surface area contributed by atoms with Crippen molar-refractivity contribution >= 4 is 16.7 Å². The molecule has 0 saturated carbocycles. The lowest BCUT2D eigenvalue weighted by Crippen LogP contribution is -2.24. The Morgan fingerprint density at radius 1 is 1.38 bits per heavy atom. The molecule has 0 N–H and O–H groups in total. The van der Waals surface area contributed by atoms with E-state index in [-0.39, 0.29) is 0 Å². The monoisotopic (exact) mass is 312 g/mol. The zero-order chi connectivity index (χ0) is 16.0. The van der Waals surface area contributed by atoms with E-state index < -0.39 is 15.7 Å². The van der Waals surface area contributed by atoms with Crippen molar-refractivity contribution in [3.05, 3.63) is 23.8 Å². The molecule has 0 saturated heterocycles. The van der Waals surface area contributed by atoms with Gasteiger partial charge in [0.2, 0.25) is 0 Å². The molecule has 0 radical (unpaired) electrons. The SMILES string of the molecule is CON(C)CC/C(=N\[S@](=O)C(C)(C)C)c1cnc(C)cn1. The number of hydrogen-bond donors (Lipinski definition) is 0. The molecule has 0 aliphatic heterocycles. The van der Waals surface area contributed by atoms with E-state index in [1.54, 1.807) is 24.6 Å². The molecule has 0 aliphatic carbocycles. The summed E-state index contributed by atoms with van der Waals surface area (Å²) in [4.78, 5) is 13.7. The first-order chi connectivity index (χ1) is 9.74. The fourth-order valence-electron chi connectivity index (χ4n) is 1.35. The molecule has 0 unspecified atom stereocenters. The molecule has 1 heterocycles. The van der Waals surface area contributed by atoms with Gasteiger partial charge in [-0.15, -0.1) is 0 Å². The Morgan fingerprint density at radius 3 is 2.52 bits per heavy atom. The van der Waals surface area contributed by atoms with Gasteiger partial charge in [0, 0.05) is 26.2 Å². The van der Waals surface area contributed by atoms with E-state index in [4.69, 9.17) is 4.84 Å². The Bertz CT molecular complexity index is 509. The van der Waals surface area contributed by atoms with Crippen LogP contribution in [0.15, 0.2) is 16.8 Å². The Balaban J connectivity index is 3.02. The van der Waals surface area contributed by atoms with Crippen molar-refractivity contribution in [2.75, 3.05) is 20.7 Å². The average Bonchev–Trinajstić information content (AvgIpc) is 2.42. The van der Waals surface area contributed by atoms with Crippen LogP contribution in [0.3, 0.4) is 0 Å². The molecule has 21 heavy (non-hydrogen) atoms. The normalized spacial score (nSPS) is 14.5.